The SMILES string of the molecule is COc1ccc(-c2cc(C(=O)NC[C@H](c3ccc(C)cc3)N3CCN(C)CC3)no2)cc1. The largest absolute Gasteiger partial charge is 0.497 e. The molecule has 1 aromatic heterocycles. The number of amides is 1. The van der Waals surface area contributed by atoms with E-state index in [4.69, 9.17) is 9.26 Å². The topological polar surface area (TPSA) is 70.8 Å². The van der Waals surface area contributed by atoms with E-state index in [1.807, 2.05) is 24.3 Å². The number of ether oxygens (including phenoxy) is 1. The van der Waals surface area contributed by atoms with Gasteiger partial charge in [-0.1, -0.05) is 35.0 Å². The molecule has 1 aliphatic heterocycles. The highest BCUT2D eigenvalue weighted by Gasteiger charge is 2.25. The Morgan fingerprint density at radius 3 is 2.44 bits per heavy atom. The highest BCUT2D eigenvalue weighted by molar-refractivity contribution is 5.93. The first-order valence-corrected chi connectivity index (χ1v) is 10.9. The number of piperazine rings is 1. The standard InChI is InChI=1S/C25H30N4O3/c1-18-4-6-19(7-5-18)23(29-14-12-28(2)13-15-29)17-26-25(30)22-16-24(32-27-22)20-8-10-21(31-3)11-9-20/h4-11,16,23H,12-15,17H2,1-3H3,(H,26,30)/t23-/m1/s1. The predicted octanol–water partition coefficient (Wildman–Crippen LogP) is 3.38. The zero-order valence-corrected chi connectivity index (χ0v) is 18.9. The van der Waals surface area contributed by atoms with E-state index in [2.05, 4.69) is 58.5 Å². The Bertz CT molecular complexity index is 1020. The van der Waals surface area contributed by atoms with Gasteiger partial charge in [0.1, 0.15) is 5.75 Å². The number of nitrogens with one attached hydrogen (secondary N) is 1. The molecular formula is C25H30N4O3. The number of likely N-dealkylation sites (N-methyl/N-ethyl adjacent to an activating group) is 1. The number of benzene rings is 2. The maximum atomic E-state index is 12.8. The summed E-state index contributed by atoms with van der Waals surface area (Å²) in [5, 5.41) is 7.05. The molecule has 1 saturated heterocycles. The lowest BCUT2D eigenvalue weighted by molar-refractivity contribution is 0.0878. The highest BCUT2D eigenvalue weighted by Crippen LogP contribution is 2.24. The Kier molecular flexibility index (Phi) is 6.87. The number of nitrogens with zero attached hydrogens (tertiary/aromatic N) is 3. The highest BCUT2D eigenvalue weighted by atomic mass is 16.5. The van der Waals surface area contributed by atoms with Gasteiger partial charge in [0.05, 0.1) is 13.2 Å². The minimum absolute atomic E-state index is 0.112. The van der Waals surface area contributed by atoms with Crippen LogP contribution in [-0.2, 0) is 0 Å². The third-order valence-corrected chi connectivity index (χ3v) is 6.01. The first kappa shape index (κ1) is 22.0. The van der Waals surface area contributed by atoms with Crippen LogP contribution in [0.2, 0.25) is 0 Å². The van der Waals surface area contributed by atoms with Crippen molar-refractivity contribution in [2.45, 2.75) is 13.0 Å². The fraction of sp³-hybridized carbons (Fsp3) is 0.360. The Hall–Kier alpha value is -3.16. The summed E-state index contributed by atoms with van der Waals surface area (Å²) in [7, 11) is 3.77. The molecule has 0 bridgehead atoms. The second-order valence-electron chi connectivity index (χ2n) is 8.28. The number of aromatic nitrogens is 1. The Labute approximate surface area is 188 Å². The van der Waals surface area contributed by atoms with Crippen LogP contribution in [0.4, 0.5) is 0 Å². The van der Waals surface area contributed by atoms with Gasteiger partial charge in [-0.2, -0.15) is 0 Å². The molecule has 1 atom stereocenters. The van der Waals surface area contributed by atoms with Gasteiger partial charge in [-0.3, -0.25) is 9.69 Å². The summed E-state index contributed by atoms with van der Waals surface area (Å²) in [6.45, 7) is 6.57. The van der Waals surface area contributed by atoms with E-state index >= 15 is 0 Å². The summed E-state index contributed by atoms with van der Waals surface area (Å²) < 4.78 is 10.6. The number of hydrogen-bond acceptors (Lipinski definition) is 6. The molecule has 1 amide bonds. The number of carbonyl (C=O) groups excluding carboxylic acids is 1. The van der Waals surface area contributed by atoms with Crippen LogP contribution in [0.1, 0.15) is 27.7 Å². The molecule has 1 fully saturated rings. The zero-order valence-electron chi connectivity index (χ0n) is 18.9. The van der Waals surface area contributed by atoms with Crippen LogP contribution in [0.15, 0.2) is 59.1 Å². The van der Waals surface area contributed by atoms with Gasteiger partial charge in [0.15, 0.2) is 11.5 Å². The average Bonchev–Trinajstić information content (AvgIpc) is 3.32. The molecule has 1 aliphatic rings. The normalized spacial score (nSPS) is 16.0. The van der Waals surface area contributed by atoms with E-state index in [1.165, 1.54) is 11.1 Å². The van der Waals surface area contributed by atoms with Crippen molar-refractivity contribution >= 4 is 5.91 Å². The Morgan fingerprint density at radius 2 is 1.78 bits per heavy atom. The van der Waals surface area contributed by atoms with E-state index in [-0.39, 0.29) is 17.6 Å². The van der Waals surface area contributed by atoms with Crippen LogP contribution in [0, 0.1) is 6.92 Å². The van der Waals surface area contributed by atoms with Gasteiger partial charge in [0.2, 0.25) is 0 Å². The monoisotopic (exact) mass is 434 g/mol. The molecule has 0 saturated carbocycles. The maximum Gasteiger partial charge on any atom is 0.273 e. The molecular weight excluding hydrogens is 404 g/mol. The summed E-state index contributed by atoms with van der Waals surface area (Å²) in [4.78, 5) is 17.6. The number of carbonyl (C=O) groups is 1. The van der Waals surface area contributed by atoms with Crippen molar-refractivity contribution in [1.82, 2.24) is 20.3 Å². The van der Waals surface area contributed by atoms with Crippen LogP contribution < -0.4 is 10.1 Å². The van der Waals surface area contributed by atoms with Crippen molar-refractivity contribution in [3.63, 3.8) is 0 Å². The average molecular weight is 435 g/mol. The summed E-state index contributed by atoms with van der Waals surface area (Å²) in [5.74, 6) is 1.07. The van der Waals surface area contributed by atoms with E-state index in [0.717, 1.165) is 37.5 Å². The second-order valence-corrected chi connectivity index (χ2v) is 8.28. The molecule has 0 radical (unpaired) electrons. The maximum absolute atomic E-state index is 12.8. The fourth-order valence-electron chi connectivity index (χ4n) is 3.93. The van der Waals surface area contributed by atoms with Crippen LogP contribution >= 0.6 is 0 Å². The fourth-order valence-corrected chi connectivity index (χ4v) is 3.93. The van der Waals surface area contributed by atoms with Crippen LogP contribution in [0.25, 0.3) is 11.3 Å². The number of aryl methyl sites for hydroxylation is 1. The third kappa shape index (κ3) is 5.18. The van der Waals surface area contributed by atoms with Gasteiger partial charge >= 0.3 is 0 Å². The van der Waals surface area contributed by atoms with Gasteiger partial charge in [0, 0.05) is 44.4 Å². The minimum Gasteiger partial charge on any atom is -0.497 e. The van der Waals surface area contributed by atoms with Gasteiger partial charge in [-0.15, -0.1) is 0 Å². The first-order chi connectivity index (χ1) is 15.5. The summed E-state index contributed by atoms with van der Waals surface area (Å²) in [6.07, 6.45) is 0. The Morgan fingerprint density at radius 1 is 1.09 bits per heavy atom. The van der Waals surface area contributed by atoms with Crippen LogP contribution in [-0.4, -0.2) is 67.7 Å². The molecule has 2 aromatic carbocycles. The molecule has 7 nitrogen and oxygen atoms in total. The second kappa shape index (κ2) is 9.97. The third-order valence-electron chi connectivity index (χ3n) is 6.01. The van der Waals surface area contributed by atoms with Gasteiger partial charge in [-0.25, -0.2) is 0 Å². The van der Waals surface area contributed by atoms with E-state index in [9.17, 15) is 4.79 Å². The molecule has 0 unspecified atom stereocenters. The van der Waals surface area contributed by atoms with Crippen molar-refractivity contribution in [2.75, 3.05) is 46.9 Å². The van der Waals surface area contributed by atoms with Crippen molar-refractivity contribution in [1.29, 1.82) is 0 Å². The summed E-state index contributed by atoms with van der Waals surface area (Å²) in [5.41, 5.74) is 3.55. The number of methoxy groups -OCH3 is 1. The number of rotatable bonds is 7. The molecule has 4 rings (SSSR count). The smallest absolute Gasteiger partial charge is 0.273 e. The molecule has 7 heteroatoms. The van der Waals surface area contributed by atoms with Crippen molar-refractivity contribution < 1.29 is 14.1 Å². The lowest BCUT2D eigenvalue weighted by atomic mass is 10.0. The van der Waals surface area contributed by atoms with Gasteiger partial charge in [0.25, 0.3) is 5.91 Å². The van der Waals surface area contributed by atoms with Gasteiger partial charge < -0.3 is 19.5 Å². The van der Waals surface area contributed by atoms with Crippen molar-refractivity contribution in [3.05, 3.63) is 71.4 Å². The van der Waals surface area contributed by atoms with Crippen molar-refractivity contribution in [2.24, 2.45) is 0 Å². The molecule has 32 heavy (non-hydrogen) atoms. The summed E-state index contributed by atoms with van der Waals surface area (Å²) in [6, 6.07) is 17.8. The van der Waals surface area contributed by atoms with Crippen LogP contribution in [0.5, 0.6) is 5.75 Å². The predicted molar refractivity (Wildman–Crippen MR) is 124 cm³/mol. The van der Waals surface area contributed by atoms with E-state index in [0.29, 0.717) is 12.3 Å². The molecule has 168 valence electrons. The number of hydrogen-bond donors (Lipinski definition) is 1. The molecule has 0 aliphatic carbocycles. The zero-order chi connectivity index (χ0) is 22.5. The van der Waals surface area contributed by atoms with Crippen molar-refractivity contribution in [3.8, 4) is 17.1 Å². The summed E-state index contributed by atoms with van der Waals surface area (Å²) >= 11 is 0. The lowest BCUT2D eigenvalue weighted by Gasteiger charge is -2.38. The first-order valence-electron chi connectivity index (χ1n) is 10.9. The van der Waals surface area contributed by atoms with E-state index < -0.39 is 0 Å². The molecule has 1 N–H and O–H groups in total. The van der Waals surface area contributed by atoms with Crippen LogP contribution in [0.3, 0.4) is 0 Å². The molecule has 3 aromatic rings. The van der Waals surface area contributed by atoms with E-state index in [1.54, 1.807) is 13.2 Å². The quantitative estimate of drug-likeness (QED) is 0.615. The minimum atomic E-state index is -0.236. The molecule has 0 spiro atoms. The van der Waals surface area contributed by atoms with Gasteiger partial charge in [-0.05, 0) is 43.8 Å². The lowest BCUT2D eigenvalue weighted by Crippen LogP contribution is -2.48. The molecule has 2 heterocycles. The Balaban J connectivity index is 1.45.